The Morgan fingerprint density at radius 1 is 0.708 bits per heavy atom. The Labute approximate surface area is 139 Å². The zero-order chi connectivity index (χ0) is 17.9. The zero-order valence-corrected chi connectivity index (χ0v) is 13.1. The van der Waals surface area contributed by atoms with Gasteiger partial charge in [0.05, 0.1) is 63.4 Å². The molecule has 6 N–H and O–H groups in total. The number of aliphatic hydroxyl groups is 6. The molecule has 0 radical (unpaired) electrons. The number of hydrogen-bond donors (Lipinski definition) is 6. The third-order valence-electron chi connectivity index (χ3n) is 3.24. The Morgan fingerprint density at radius 3 is 1.33 bits per heavy atom. The molecule has 138 valence electrons. The van der Waals surface area contributed by atoms with E-state index in [0.29, 0.717) is 11.4 Å². The normalized spacial score (nSPS) is 16.6. The minimum atomic E-state index is -1.19. The highest BCUT2D eigenvalue weighted by molar-refractivity contribution is 5.00. The van der Waals surface area contributed by atoms with Gasteiger partial charge in [-0.05, 0) is 0 Å². The van der Waals surface area contributed by atoms with E-state index >= 15 is 0 Å². The molecule has 0 aromatic carbocycles. The minimum Gasteiger partial charge on any atom is -0.394 e. The molecule has 0 aliphatic carbocycles. The van der Waals surface area contributed by atoms with Crippen molar-refractivity contribution in [2.24, 2.45) is 0 Å². The van der Waals surface area contributed by atoms with Gasteiger partial charge in [0.1, 0.15) is 24.4 Å². The van der Waals surface area contributed by atoms with Gasteiger partial charge in [-0.25, -0.2) is 0 Å². The quantitative estimate of drug-likeness (QED) is 0.228. The number of nitrogens with zero attached hydrogens (tertiary/aromatic N) is 2. The first-order valence-electron chi connectivity index (χ1n) is 7.38. The van der Waals surface area contributed by atoms with Crippen LogP contribution in [0.3, 0.4) is 0 Å². The van der Waals surface area contributed by atoms with E-state index in [0.717, 1.165) is 0 Å². The third-order valence-corrected chi connectivity index (χ3v) is 3.24. The van der Waals surface area contributed by atoms with Gasteiger partial charge in [0.15, 0.2) is 0 Å². The molecule has 0 aliphatic rings. The lowest BCUT2D eigenvalue weighted by Crippen LogP contribution is -2.35. The van der Waals surface area contributed by atoms with E-state index in [4.69, 9.17) is 29.9 Å². The summed E-state index contributed by atoms with van der Waals surface area (Å²) in [6, 6.07) is 0. The SMILES string of the molecule is OCC(O)C(CO)OCc1cnc(COC(CO)C(O)CO)cn1. The Kier molecular flexibility index (Phi) is 9.83. The smallest absolute Gasteiger partial charge is 0.109 e. The van der Waals surface area contributed by atoms with Crippen LogP contribution >= 0.6 is 0 Å². The van der Waals surface area contributed by atoms with Crippen molar-refractivity contribution >= 4 is 0 Å². The topological polar surface area (TPSA) is 166 Å². The first-order valence-corrected chi connectivity index (χ1v) is 7.38. The number of rotatable bonds is 12. The molecule has 1 aromatic rings. The van der Waals surface area contributed by atoms with Gasteiger partial charge in [0, 0.05) is 0 Å². The first-order chi connectivity index (χ1) is 11.5. The van der Waals surface area contributed by atoms with Crippen LogP contribution in [0.25, 0.3) is 0 Å². The largest absolute Gasteiger partial charge is 0.394 e. The van der Waals surface area contributed by atoms with Crippen molar-refractivity contribution in [3.8, 4) is 0 Å². The predicted octanol–water partition coefficient (Wildman–Crippen LogP) is -3.06. The molecular weight excluding hydrogens is 324 g/mol. The summed E-state index contributed by atoms with van der Waals surface area (Å²) >= 11 is 0. The molecule has 1 aromatic heterocycles. The Balaban J connectivity index is 2.48. The average Bonchev–Trinajstić information content (AvgIpc) is 2.63. The van der Waals surface area contributed by atoms with Crippen molar-refractivity contribution in [3.63, 3.8) is 0 Å². The number of aliphatic hydroxyl groups excluding tert-OH is 6. The van der Waals surface area contributed by atoms with Crippen LogP contribution < -0.4 is 0 Å². The fourth-order valence-electron chi connectivity index (χ4n) is 1.72. The molecule has 0 amide bonds. The van der Waals surface area contributed by atoms with Gasteiger partial charge in [-0.1, -0.05) is 0 Å². The summed E-state index contributed by atoms with van der Waals surface area (Å²) in [5, 5.41) is 54.5. The standard InChI is InChI=1S/C14H24N2O8/c17-3-11(21)13(5-19)23-7-9-1-15-10(2-16-9)8-24-14(6-20)12(22)4-18/h1-2,11-14,17-22H,3-8H2. The summed E-state index contributed by atoms with van der Waals surface area (Å²) < 4.78 is 10.5. The monoisotopic (exact) mass is 348 g/mol. The van der Waals surface area contributed by atoms with Crippen LogP contribution in [-0.4, -0.2) is 91.5 Å². The van der Waals surface area contributed by atoms with Crippen LogP contribution in [0.1, 0.15) is 11.4 Å². The molecule has 0 saturated heterocycles. The van der Waals surface area contributed by atoms with E-state index in [2.05, 4.69) is 9.97 Å². The lowest BCUT2D eigenvalue weighted by Gasteiger charge is -2.20. The van der Waals surface area contributed by atoms with Gasteiger partial charge in [0.2, 0.25) is 0 Å². The van der Waals surface area contributed by atoms with Gasteiger partial charge < -0.3 is 40.1 Å². The number of hydrogen-bond acceptors (Lipinski definition) is 10. The van der Waals surface area contributed by atoms with Gasteiger partial charge in [-0.2, -0.15) is 0 Å². The second-order valence-electron chi connectivity index (χ2n) is 5.06. The molecular formula is C14H24N2O8. The Morgan fingerprint density at radius 2 is 1.08 bits per heavy atom. The van der Waals surface area contributed by atoms with Crippen molar-refractivity contribution < 1.29 is 40.1 Å². The highest BCUT2D eigenvalue weighted by Gasteiger charge is 2.19. The number of ether oxygens (including phenoxy) is 2. The summed E-state index contributed by atoms with van der Waals surface area (Å²) in [5.74, 6) is 0. The second kappa shape index (κ2) is 11.3. The maximum Gasteiger partial charge on any atom is 0.109 e. The Bertz CT molecular complexity index is 406. The molecule has 10 heteroatoms. The highest BCUT2D eigenvalue weighted by Crippen LogP contribution is 2.07. The number of aromatic nitrogens is 2. The van der Waals surface area contributed by atoms with Gasteiger partial charge in [0.25, 0.3) is 0 Å². The molecule has 4 atom stereocenters. The van der Waals surface area contributed by atoms with Gasteiger partial charge >= 0.3 is 0 Å². The molecule has 1 rings (SSSR count). The minimum absolute atomic E-state index is 0.0150. The van der Waals surface area contributed by atoms with Crippen molar-refractivity contribution in [1.29, 1.82) is 0 Å². The Hall–Kier alpha value is -1.24. The molecule has 4 unspecified atom stereocenters. The molecule has 24 heavy (non-hydrogen) atoms. The maximum atomic E-state index is 9.40. The molecule has 0 spiro atoms. The van der Waals surface area contributed by atoms with Crippen LogP contribution in [0.2, 0.25) is 0 Å². The molecule has 0 bridgehead atoms. The summed E-state index contributed by atoms with van der Waals surface area (Å²) in [7, 11) is 0. The van der Waals surface area contributed by atoms with Crippen LogP contribution in [0.15, 0.2) is 12.4 Å². The van der Waals surface area contributed by atoms with E-state index in [1.807, 2.05) is 0 Å². The maximum absolute atomic E-state index is 9.40. The average molecular weight is 348 g/mol. The van der Waals surface area contributed by atoms with Crippen LogP contribution in [0, 0.1) is 0 Å². The molecule has 10 nitrogen and oxygen atoms in total. The van der Waals surface area contributed by atoms with Crippen LogP contribution in [-0.2, 0) is 22.7 Å². The van der Waals surface area contributed by atoms with E-state index in [1.165, 1.54) is 12.4 Å². The third kappa shape index (κ3) is 6.71. The second-order valence-corrected chi connectivity index (χ2v) is 5.06. The van der Waals surface area contributed by atoms with Crippen LogP contribution in [0.4, 0.5) is 0 Å². The first kappa shape index (κ1) is 20.8. The van der Waals surface area contributed by atoms with E-state index in [9.17, 15) is 10.2 Å². The lowest BCUT2D eigenvalue weighted by atomic mass is 10.2. The van der Waals surface area contributed by atoms with Crippen molar-refractivity contribution in [2.75, 3.05) is 26.4 Å². The zero-order valence-electron chi connectivity index (χ0n) is 13.1. The molecule has 0 saturated carbocycles. The fourth-order valence-corrected chi connectivity index (χ4v) is 1.72. The lowest BCUT2D eigenvalue weighted by molar-refractivity contribution is -0.0877. The van der Waals surface area contributed by atoms with Crippen molar-refractivity contribution in [1.82, 2.24) is 9.97 Å². The van der Waals surface area contributed by atoms with Crippen LogP contribution in [0.5, 0.6) is 0 Å². The molecule has 1 heterocycles. The van der Waals surface area contributed by atoms with Gasteiger partial charge in [-0.3, -0.25) is 9.97 Å². The summed E-state index contributed by atoms with van der Waals surface area (Å²) in [4.78, 5) is 8.14. The van der Waals surface area contributed by atoms with E-state index < -0.39 is 50.8 Å². The molecule has 0 aliphatic heterocycles. The van der Waals surface area contributed by atoms with E-state index in [1.54, 1.807) is 0 Å². The van der Waals surface area contributed by atoms with E-state index in [-0.39, 0.29) is 13.2 Å². The highest BCUT2D eigenvalue weighted by atomic mass is 16.5. The summed E-state index contributed by atoms with van der Waals surface area (Å²) in [6.45, 7) is -1.98. The fraction of sp³-hybridized carbons (Fsp3) is 0.714. The summed E-state index contributed by atoms with van der Waals surface area (Å²) in [5.41, 5.74) is 0.882. The van der Waals surface area contributed by atoms with Crippen molar-refractivity contribution in [3.05, 3.63) is 23.8 Å². The molecule has 0 fully saturated rings. The predicted molar refractivity (Wildman–Crippen MR) is 79.5 cm³/mol. The summed E-state index contributed by atoms with van der Waals surface area (Å²) in [6.07, 6.45) is -1.41. The van der Waals surface area contributed by atoms with Gasteiger partial charge in [-0.15, -0.1) is 0 Å². The van der Waals surface area contributed by atoms with Crippen molar-refractivity contribution in [2.45, 2.75) is 37.6 Å².